The van der Waals surface area contributed by atoms with Crippen molar-refractivity contribution < 1.29 is 14.3 Å². The van der Waals surface area contributed by atoms with Gasteiger partial charge in [-0.25, -0.2) is 0 Å². The number of rotatable bonds is 4. The first-order chi connectivity index (χ1) is 11.9. The number of carbonyl (C=O) groups is 1. The van der Waals surface area contributed by atoms with E-state index in [1.165, 1.54) is 11.3 Å². The maximum Gasteiger partial charge on any atom is 0.265 e. The molecule has 4 nitrogen and oxygen atoms in total. The van der Waals surface area contributed by atoms with Crippen molar-refractivity contribution in [2.75, 3.05) is 11.9 Å². The first-order valence-electron chi connectivity index (χ1n) is 8.59. The molecule has 1 aromatic heterocycles. The Bertz CT molecular complexity index is 724. The molecule has 0 bridgehead atoms. The number of ether oxygens (including phenoxy) is 2. The molecule has 1 fully saturated rings. The second kappa shape index (κ2) is 7.28. The molecule has 2 atom stereocenters. The van der Waals surface area contributed by atoms with Crippen LogP contribution >= 0.6 is 11.3 Å². The van der Waals surface area contributed by atoms with Gasteiger partial charge in [-0.1, -0.05) is 45.9 Å². The van der Waals surface area contributed by atoms with Crippen LogP contribution in [0.15, 0.2) is 41.8 Å². The van der Waals surface area contributed by atoms with Crippen LogP contribution in [0.5, 0.6) is 0 Å². The Morgan fingerprint density at radius 3 is 2.76 bits per heavy atom. The zero-order valence-corrected chi connectivity index (χ0v) is 15.9. The molecular weight excluding hydrogens is 334 g/mol. The van der Waals surface area contributed by atoms with Crippen LogP contribution in [-0.4, -0.2) is 18.6 Å². The number of anilines is 1. The highest BCUT2D eigenvalue weighted by Crippen LogP contribution is 2.39. The van der Waals surface area contributed by atoms with Crippen molar-refractivity contribution in [2.45, 2.75) is 40.1 Å². The van der Waals surface area contributed by atoms with Crippen molar-refractivity contribution in [3.05, 3.63) is 52.2 Å². The lowest BCUT2D eigenvalue weighted by atomic mass is 9.80. The van der Waals surface area contributed by atoms with E-state index in [4.69, 9.17) is 9.47 Å². The number of hydrogen-bond acceptors (Lipinski definition) is 4. The zero-order chi connectivity index (χ0) is 18.0. The van der Waals surface area contributed by atoms with Crippen molar-refractivity contribution in [2.24, 2.45) is 11.3 Å². The zero-order valence-electron chi connectivity index (χ0n) is 15.1. The van der Waals surface area contributed by atoms with Crippen LogP contribution in [0.25, 0.3) is 0 Å². The highest BCUT2D eigenvalue weighted by molar-refractivity contribution is 7.12. The molecule has 1 amide bonds. The molecule has 0 unspecified atom stereocenters. The number of amides is 1. The molecule has 134 valence electrons. The van der Waals surface area contributed by atoms with Gasteiger partial charge in [-0.3, -0.25) is 4.79 Å². The lowest BCUT2D eigenvalue weighted by molar-refractivity contribution is -0.274. The van der Waals surface area contributed by atoms with E-state index < -0.39 is 6.29 Å². The number of carbonyl (C=O) groups excluding carboxylic acids is 1. The highest BCUT2D eigenvalue weighted by atomic mass is 32.1. The minimum atomic E-state index is -0.404. The second-order valence-corrected chi connectivity index (χ2v) is 8.44. The average molecular weight is 359 g/mol. The van der Waals surface area contributed by atoms with Gasteiger partial charge in [-0.2, -0.15) is 0 Å². The molecule has 1 saturated heterocycles. The van der Waals surface area contributed by atoms with Gasteiger partial charge in [-0.05, 0) is 29.5 Å². The maximum absolute atomic E-state index is 12.2. The molecule has 0 radical (unpaired) electrons. The Morgan fingerprint density at radius 1 is 1.28 bits per heavy atom. The molecule has 3 rings (SSSR count). The first kappa shape index (κ1) is 18.1. The summed E-state index contributed by atoms with van der Waals surface area (Å²) < 4.78 is 12.2. The van der Waals surface area contributed by atoms with E-state index in [1.807, 2.05) is 41.8 Å². The SMILES string of the molecule is CC(C)[C@H]1O[C@H](c2cccc(NC(=O)c3cccs3)c2)OCC1(C)C. The van der Waals surface area contributed by atoms with E-state index >= 15 is 0 Å². The van der Waals surface area contributed by atoms with E-state index in [9.17, 15) is 4.79 Å². The molecule has 1 aliphatic heterocycles. The van der Waals surface area contributed by atoms with Crippen molar-refractivity contribution in [3.63, 3.8) is 0 Å². The first-order valence-corrected chi connectivity index (χ1v) is 9.47. The molecule has 0 aliphatic carbocycles. The van der Waals surface area contributed by atoms with Crippen LogP contribution in [-0.2, 0) is 9.47 Å². The van der Waals surface area contributed by atoms with E-state index in [-0.39, 0.29) is 17.4 Å². The summed E-state index contributed by atoms with van der Waals surface area (Å²) in [6.07, 6.45) is -0.283. The fourth-order valence-corrected chi connectivity index (χ4v) is 3.95. The molecule has 5 heteroatoms. The van der Waals surface area contributed by atoms with Crippen molar-refractivity contribution in [3.8, 4) is 0 Å². The minimum absolute atomic E-state index is 0.0182. The third kappa shape index (κ3) is 4.11. The summed E-state index contributed by atoms with van der Waals surface area (Å²) in [5.74, 6) is 0.307. The Labute approximate surface area is 153 Å². The highest BCUT2D eigenvalue weighted by Gasteiger charge is 2.40. The van der Waals surface area contributed by atoms with Gasteiger partial charge >= 0.3 is 0 Å². The largest absolute Gasteiger partial charge is 0.348 e. The number of hydrogen-bond donors (Lipinski definition) is 1. The topological polar surface area (TPSA) is 47.6 Å². The standard InChI is InChI=1S/C20H25NO3S/c1-13(2)17-20(3,4)12-23-19(24-17)14-7-5-8-15(11-14)21-18(22)16-9-6-10-25-16/h5-11,13,17,19H,12H2,1-4H3,(H,21,22)/t17-,19-/m1/s1. The van der Waals surface area contributed by atoms with E-state index in [0.717, 1.165) is 11.3 Å². The summed E-state index contributed by atoms with van der Waals surface area (Å²) in [6.45, 7) is 9.34. The predicted octanol–water partition coefficient (Wildman–Crippen LogP) is 5.10. The van der Waals surface area contributed by atoms with Gasteiger partial charge in [0.1, 0.15) is 0 Å². The summed E-state index contributed by atoms with van der Waals surface area (Å²) >= 11 is 1.42. The average Bonchev–Trinajstić information content (AvgIpc) is 3.09. The van der Waals surface area contributed by atoms with Crippen LogP contribution in [0.3, 0.4) is 0 Å². The Hall–Kier alpha value is -1.69. The third-order valence-electron chi connectivity index (χ3n) is 4.41. The molecule has 1 N–H and O–H groups in total. The van der Waals surface area contributed by atoms with Gasteiger partial charge in [-0.15, -0.1) is 11.3 Å². The molecule has 0 saturated carbocycles. The summed E-state index contributed by atoms with van der Waals surface area (Å²) in [7, 11) is 0. The monoisotopic (exact) mass is 359 g/mol. The van der Waals surface area contributed by atoms with E-state index in [0.29, 0.717) is 17.4 Å². The van der Waals surface area contributed by atoms with Crippen molar-refractivity contribution >= 4 is 22.9 Å². The number of benzene rings is 1. The van der Waals surface area contributed by atoms with Crippen LogP contribution in [0.1, 0.15) is 49.2 Å². The van der Waals surface area contributed by atoms with Crippen LogP contribution in [0, 0.1) is 11.3 Å². The molecule has 0 spiro atoms. The van der Waals surface area contributed by atoms with Crippen LogP contribution in [0.4, 0.5) is 5.69 Å². The van der Waals surface area contributed by atoms with Gasteiger partial charge in [0, 0.05) is 16.7 Å². The number of nitrogens with one attached hydrogen (secondary N) is 1. The van der Waals surface area contributed by atoms with Crippen LogP contribution < -0.4 is 5.32 Å². The fraction of sp³-hybridized carbons (Fsp3) is 0.450. The molecule has 2 heterocycles. The molecule has 1 aliphatic rings. The number of thiophene rings is 1. The molecule has 2 aromatic rings. The molecule has 1 aromatic carbocycles. The minimum Gasteiger partial charge on any atom is -0.348 e. The fourth-order valence-electron chi connectivity index (χ4n) is 3.33. The van der Waals surface area contributed by atoms with Gasteiger partial charge in [0.2, 0.25) is 0 Å². The Morgan fingerprint density at radius 2 is 2.08 bits per heavy atom. The molecule has 25 heavy (non-hydrogen) atoms. The summed E-state index contributed by atoms with van der Waals surface area (Å²) in [6, 6.07) is 11.4. The van der Waals surface area contributed by atoms with Crippen molar-refractivity contribution in [1.29, 1.82) is 0 Å². The lowest BCUT2D eigenvalue weighted by Gasteiger charge is -2.44. The van der Waals surface area contributed by atoms with Gasteiger partial charge < -0.3 is 14.8 Å². The summed E-state index contributed by atoms with van der Waals surface area (Å²) in [4.78, 5) is 12.9. The van der Waals surface area contributed by atoms with Gasteiger partial charge in [0.25, 0.3) is 5.91 Å². The predicted molar refractivity (Wildman–Crippen MR) is 101 cm³/mol. The second-order valence-electron chi connectivity index (χ2n) is 7.49. The lowest BCUT2D eigenvalue weighted by Crippen LogP contribution is -2.45. The Kier molecular flexibility index (Phi) is 5.27. The third-order valence-corrected chi connectivity index (χ3v) is 5.28. The van der Waals surface area contributed by atoms with Gasteiger partial charge in [0.15, 0.2) is 6.29 Å². The Balaban J connectivity index is 1.74. The normalized spacial score (nSPS) is 22.8. The summed E-state index contributed by atoms with van der Waals surface area (Å²) in [5, 5.41) is 4.83. The van der Waals surface area contributed by atoms with Crippen molar-refractivity contribution in [1.82, 2.24) is 0 Å². The van der Waals surface area contributed by atoms with E-state index in [2.05, 4.69) is 33.0 Å². The van der Waals surface area contributed by atoms with Crippen LogP contribution in [0.2, 0.25) is 0 Å². The summed E-state index contributed by atoms with van der Waals surface area (Å²) in [5.41, 5.74) is 1.65. The van der Waals surface area contributed by atoms with Gasteiger partial charge in [0.05, 0.1) is 17.6 Å². The smallest absolute Gasteiger partial charge is 0.265 e. The molecular formula is C20H25NO3S. The quantitative estimate of drug-likeness (QED) is 0.826. The van der Waals surface area contributed by atoms with E-state index in [1.54, 1.807) is 0 Å². The maximum atomic E-state index is 12.2.